The van der Waals surface area contributed by atoms with E-state index in [2.05, 4.69) is 25.7 Å². The maximum absolute atomic E-state index is 13.8. The molecule has 2 aromatic carbocycles. The Morgan fingerprint density at radius 1 is 1.10 bits per heavy atom. The molecule has 1 atom stereocenters. The lowest BCUT2D eigenvalue weighted by molar-refractivity contribution is -0.121. The number of carbonyl (C=O) groups is 2. The molecule has 5 nitrogen and oxygen atoms in total. The van der Waals surface area contributed by atoms with Crippen LogP contribution in [0.2, 0.25) is 5.02 Å². The second kappa shape index (κ2) is 9.14. The van der Waals surface area contributed by atoms with Gasteiger partial charge in [0.1, 0.15) is 5.82 Å². The molecule has 158 valence electrons. The first-order chi connectivity index (χ1) is 14.4. The van der Waals surface area contributed by atoms with Gasteiger partial charge < -0.3 is 4.90 Å². The number of ketones is 1. The zero-order valence-electron chi connectivity index (χ0n) is 16.4. The second-order valence-electron chi connectivity index (χ2n) is 7.74. The first-order valence-electron chi connectivity index (χ1n) is 9.88. The lowest BCUT2D eigenvalue weighted by atomic mass is 10.1. The predicted octanol–water partition coefficient (Wildman–Crippen LogP) is 3.45. The standard InChI is InChI=1S/C22H22BrClFN3O2/c23-18-6-3-16(11-19(18)25)22(30)28-13-20(21(29)14-28)27-9-7-26(8-10-27)12-15-1-4-17(24)5-2-15/h1-6,11,20H,7-10,12-14H2/t20-/m1/s1. The third-order valence-electron chi connectivity index (χ3n) is 5.73. The van der Waals surface area contributed by atoms with Crippen LogP contribution in [0.4, 0.5) is 4.39 Å². The molecule has 30 heavy (non-hydrogen) atoms. The lowest BCUT2D eigenvalue weighted by Gasteiger charge is -2.37. The van der Waals surface area contributed by atoms with Gasteiger partial charge in [0.2, 0.25) is 0 Å². The molecule has 2 aliphatic heterocycles. The van der Waals surface area contributed by atoms with Gasteiger partial charge in [-0.15, -0.1) is 0 Å². The number of amides is 1. The fourth-order valence-electron chi connectivity index (χ4n) is 4.04. The summed E-state index contributed by atoms with van der Waals surface area (Å²) in [5.74, 6) is -0.745. The van der Waals surface area contributed by atoms with Crippen molar-refractivity contribution in [1.82, 2.24) is 14.7 Å². The SMILES string of the molecule is O=C1CN(C(=O)c2ccc(Br)c(F)c2)C[C@H]1N1CCN(Cc2ccc(Cl)cc2)CC1. The fraction of sp³-hybridized carbons (Fsp3) is 0.364. The molecule has 0 N–H and O–H groups in total. The van der Waals surface area contributed by atoms with Crippen molar-refractivity contribution in [3.63, 3.8) is 0 Å². The van der Waals surface area contributed by atoms with Gasteiger partial charge in [-0.3, -0.25) is 19.4 Å². The molecule has 2 aromatic rings. The van der Waals surface area contributed by atoms with Crippen LogP contribution in [-0.2, 0) is 11.3 Å². The van der Waals surface area contributed by atoms with Crippen LogP contribution < -0.4 is 0 Å². The number of piperazine rings is 1. The highest BCUT2D eigenvalue weighted by Gasteiger charge is 2.38. The average Bonchev–Trinajstić information content (AvgIpc) is 3.13. The molecule has 0 spiro atoms. The number of likely N-dealkylation sites (tertiary alicyclic amines) is 1. The van der Waals surface area contributed by atoms with E-state index in [-0.39, 0.29) is 29.8 Å². The molecule has 4 rings (SSSR count). The van der Waals surface area contributed by atoms with Gasteiger partial charge in [0, 0.05) is 49.9 Å². The Morgan fingerprint density at radius 3 is 2.47 bits per heavy atom. The minimum atomic E-state index is -0.486. The van der Waals surface area contributed by atoms with E-state index in [1.54, 1.807) is 6.07 Å². The van der Waals surface area contributed by atoms with Crippen LogP contribution >= 0.6 is 27.5 Å². The van der Waals surface area contributed by atoms with Crippen molar-refractivity contribution in [1.29, 1.82) is 0 Å². The molecule has 2 saturated heterocycles. The normalized spacial score (nSPS) is 20.7. The smallest absolute Gasteiger partial charge is 0.254 e. The molecule has 0 aromatic heterocycles. The van der Waals surface area contributed by atoms with E-state index in [1.807, 2.05) is 24.3 Å². The first kappa shape index (κ1) is 21.4. The van der Waals surface area contributed by atoms with Crippen LogP contribution in [0.15, 0.2) is 46.9 Å². The summed E-state index contributed by atoms with van der Waals surface area (Å²) >= 11 is 9.04. The highest BCUT2D eigenvalue weighted by molar-refractivity contribution is 9.10. The van der Waals surface area contributed by atoms with Crippen molar-refractivity contribution in [2.75, 3.05) is 39.3 Å². The zero-order valence-corrected chi connectivity index (χ0v) is 18.7. The van der Waals surface area contributed by atoms with E-state index in [4.69, 9.17) is 11.6 Å². The Morgan fingerprint density at radius 2 is 1.80 bits per heavy atom. The molecule has 2 heterocycles. The van der Waals surface area contributed by atoms with Gasteiger partial charge in [0.15, 0.2) is 5.78 Å². The van der Waals surface area contributed by atoms with E-state index in [1.165, 1.54) is 22.6 Å². The van der Waals surface area contributed by atoms with E-state index < -0.39 is 5.82 Å². The summed E-state index contributed by atoms with van der Waals surface area (Å²) in [6, 6.07) is 11.9. The van der Waals surface area contributed by atoms with E-state index in [9.17, 15) is 14.0 Å². The quantitative estimate of drug-likeness (QED) is 0.653. The molecule has 0 saturated carbocycles. The Labute approximate surface area is 188 Å². The van der Waals surface area contributed by atoms with Crippen molar-refractivity contribution in [2.24, 2.45) is 0 Å². The molecule has 0 unspecified atom stereocenters. The number of carbonyl (C=O) groups excluding carboxylic acids is 2. The molecule has 1 amide bonds. The maximum Gasteiger partial charge on any atom is 0.254 e. The van der Waals surface area contributed by atoms with E-state index >= 15 is 0 Å². The second-order valence-corrected chi connectivity index (χ2v) is 9.03. The zero-order chi connectivity index (χ0) is 21.3. The fourth-order valence-corrected chi connectivity index (χ4v) is 4.41. The third kappa shape index (κ3) is 4.75. The van der Waals surface area contributed by atoms with E-state index in [0.29, 0.717) is 11.0 Å². The monoisotopic (exact) mass is 493 g/mol. The summed E-state index contributed by atoms with van der Waals surface area (Å²) in [5.41, 5.74) is 1.47. The highest BCUT2D eigenvalue weighted by atomic mass is 79.9. The average molecular weight is 495 g/mol. The van der Waals surface area contributed by atoms with Crippen molar-refractivity contribution in [3.8, 4) is 0 Å². The van der Waals surface area contributed by atoms with Crippen LogP contribution in [0.25, 0.3) is 0 Å². The number of hydrogen-bond donors (Lipinski definition) is 0. The topological polar surface area (TPSA) is 43.9 Å². The van der Waals surface area contributed by atoms with Crippen LogP contribution in [0.5, 0.6) is 0 Å². The summed E-state index contributed by atoms with van der Waals surface area (Å²) in [5, 5.41) is 0.730. The number of halogens is 3. The van der Waals surface area contributed by atoms with Crippen molar-refractivity contribution in [2.45, 2.75) is 12.6 Å². The maximum atomic E-state index is 13.8. The van der Waals surface area contributed by atoms with Crippen LogP contribution in [-0.4, -0.2) is 71.7 Å². The first-order valence-corrected chi connectivity index (χ1v) is 11.1. The molecule has 2 aliphatic rings. The number of hydrogen-bond acceptors (Lipinski definition) is 4. The number of benzene rings is 2. The summed E-state index contributed by atoms with van der Waals surface area (Å²) < 4.78 is 14.1. The molecule has 0 bridgehead atoms. The van der Waals surface area contributed by atoms with Crippen molar-refractivity contribution < 1.29 is 14.0 Å². The Bertz CT molecular complexity index is 948. The van der Waals surface area contributed by atoms with Gasteiger partial charge in [0.25, 0.3) is 5.91 Å². The minimum absolute atomic E-state index is 0.0482. The van der Waals surface area contributed by atoms with Gasteiger partial charge in [-0.2, -0.15) is 0 Å². The Balaban J connectivity index is 1.33. The van der Waals surface area contributed by atoms with Gasteiger partial charge in [-0.05, 0) is 51.8 Å². The Kier molecular flexibility index (Phi) is 6.53. The van der Waals surface area contributed by atoms with Crippen LogP contribution in [0.3, 0.4) is 0 Å². The molecular formula is C22H22BrClFN3O2. The lowest BCUT2D eigenvalue weighted by Crippen LogP contribution is -2.52. The predicted molar refractivity (Wildman–Crippen MR) is 117 cm³/mol. The third-order valence-corrected chi connectivity index (χ3v) is 6.63. The summed E-state index contributed by atoms with van der Waals surface area (Å²) in [6.07, 6.45) is 0. The molecule has 8 heteroatoms. The highest BCUT2D eigenvalue weighted by Crippen LogP contribution is 2.21. The summed E-state index contributed by atoms with van der Waals surface area (Å²) in [6.45, 7) is 4.55. The molecule has 0 radical (unpaired) electrons. The summed E-state index contributed by atoms with van der Waals surface area (Å²) in [7, 11) is 0. The van der Waals surface area contributed by atoms with Gasteiger partial charge >= 0.3 is 0 Å². The van der Waals surface area contributed by atoms with Gasteiger partial charge in [0.05, 0.1) is 17.1 Å². The van der Waals surface area contributed by atoms with Crippen LogP contribution in [0.1, 0.15) is 15.9 Å². The molecule has 0 aliphatic carbocycles. The van der Waals surface area contributed by atoms with Gasteiger partial charge in [-0.25, -0.2) is 4.39 Å². The van der Waals surface area contributed by atoms with E-state index in [0.717, 1.165) is 37.7 Å². The Hall–Kier alpha value is -1.80. The largest absolute Gasteiger partial charge is 0.329 e. The minimum Gasteiger partial charge on any atom is -0.329 e. The number of rotatable bonds is 4. The number of nitrogens with zero attached hydrogens (tertiary/aromatic N) is 3. The van der Waals surface area contributed by atoms with Gasteiger partial charge in [-0.1, -0.05) is 23.7 Å². The van der Waals surface area contributed by atoms with Crippen LogP contribution in [0, 0.1) is 5.82 Å². The van der Waals surface area contributed by atoms with Crippen molar-refractivity contribution in [3.05, 3.63) is 68.9 Å². The number of Topliss-reactive ketones (excluding diaryl/α,β-unsaturated/α-hetero) is 1. The molecule has 2 fully saturated rings. The molecular weight excluding hydrogens is 473 g/mol. The summed E-state index contributed by atoms with van der Waals surface area (Å²) in [4.78, 5) is 31.4. The van der Waals surface area contributed by atoms with Crippen molar-refractivity contribution >= 4 is 39.2 Å².